The summed E-state index contributed by atoms with van der Waals surface area (Å²) in [4.78, 5) is 24.5. The number of hydrogen-bond acceptors (Lipinski definition) is 3. The van der Waals surface area contributed by atoms with E-state index in [1.165, 1.54) is 4.90 Å². The third-order valence-electron chi connectivity index (χ3n) is 2.58. The topological polar surface area (TPSA) is 46.6 Å². The van der Waals surface area contributed by atoms with Gasteiger partial charge in [-0.3, -0.25) is 4.79 Å². The first-order chi connectivity index (χ1) is 7.56. The largest absolute Gasteiger partial charge is 0.447 e. The van der Waals surface area contributed by atoms with Crippen molar-refractivity contribution in [1.29, 1.82) is 0 Å². The van der Waals surface area contributed by atoms with Crippen LogP contribution in [0.25, 0.3) is 0 Å². The van der Waals surface area contributed by atoms with Crippen molar-refractivity contribution in [3.63, 3.8) is 0 Å². The van der Waals surface area contributed by atoms with Crippen LogP contribution in [0.3, 0.4) is 0 Å². The van der Waals surface area contributed by atoms with Crippen molar-refractivity contribution in [3.05, 3.63) is 12.7 Å². The van der Waals surface area contributed by atoms with Gasteiger partial charge in [-0.1, -0.05) is 19.9 Å². The molecule has 0 bridgehead atoms. The Balaban J connectivity index is 2.65. The van der Waals surface area contributed by atoms with Crippen molar-refractivity contribution in [2.45, 2.75) is 26.7 Å². The fourth-order valence-electron chi connectivity index (χ4n) is 1.88. The molecule has 16 heavy (non-hydrogen) atoms. The number of carbonyl (C=O) groups excluding carboxylic acids is 2. The molecule has 0 spiro atoms. The van der Waals surface area contributed by atoms with Crippen LogP contribution in [0.2, 0.25) is 0 Å². The van der Waals surface area contributed by atoms with Gasteiger partial charge in [0.25, 0.3) is 0 Å². The molecule has 0 N–H and O–H groups in total. The molecule has 90 valence electrons. The van der Waals surface area contributed by atoms with Crippen LogP contribution < -0.4 is 0 Å². The van der Waals surface area contributed by atoms with E-state index in [1.807, 2.05) is 0 Å². The molecule has 1 atom stereocenters. The van der Waals surface area contributed by atoms with Crippen molar-refractivity contribution in [2.24, 2.45) is 11.8 Å². The molecule has 4 heteroatoms. The minimum Gasteiger partial charge on any atom is -0.447 e. The molecular formula is C12H19NO3. The average molecular weight is 225 g/mol. The molecule has 1 fully saturated rings. The Hall–Kier alpha value is -1.32. The summed E-state index contributed by atoms with van der Waals surface area (Å²) in [5.41, 5.74) is 0. The highest BCUT2D eigenvalue weighted by atomic mass is 16.6. The van der Waals surface area contributed by atoms with Crippen molar-refractivity contribution >= 4 is 12.0 Å². The molecule has 4 nitrogen and oxygen atoms in total. The lowest BCUT2D eigenvalue weighted by Crippen LogP contribution is -2.37. The number of nitrogens with zero attached hydrogens (tertiary/aromatic N) is 1. The predicted molar refractivity (Wildman–Crippen MR) is 60.8 cm³/mol. The van der Waals surface area contributed by atoms with Gasteiger partial charge < -0.3 is 4.74 Å². The van der Waals surface area contributed by atoms with Gasteiger partial charge in [-0.25, -0.2) is 9.69 Å². The maximum Gasteiger partial charge on any atom is 0.416 e. The molecule has 0 aromatic heterocycles. The van der Waals surface area contributed by atoms with Gasteiger partial charge in [0, 0.05) is 5.92 Å². The Morgan fingerprint density at radius 1 is 1.62 bits per heavy atom. The number of rotatable bonds is 5. The maximum atomic E-state index is 12.1. The smallest absolute Gasteiger partial charge is 0.416 e. The molecule has 0 saturated carbocycles. The zero-order valence-corrected chi connectivity index (χ0v) is 9.94. The molecule has 1 saturated heterocycles. The van der Waals surface area contributed by atoms with Crippen molar-refractivity contribution in [3.8, 4) is 0 Å². The monoisotopic (exact) mass is 225 g/mol. The summed E-state index contributed by atoms with van der Waals surface area (Å²) in [6.45, 7) is 8.46. The highest BCUT2D eigenvalue weighted by molar-refractivity contribution is 5.94. The van der Waals surface area contributed by atoms with E-state index in [0.717, 1.165) is 6.42 Å². The Morgan fingerprint density at radius 3 is 2.75 bits per heavy atom. The SMILES string of the molecule is C=CC[C@H](CC(C)C)C(=O)N1CCOC1=O. The molecule has 0 radical (unpaired) electrons. The van der Waals surface area contributed by atoms with Gasteiger partial charge in [-0.05, 0) is 18.8 Å². The van der Waals surface area contributed by atoms with Crippen LogP contribution >= 0.6 is 0 Å². The molecule has 0 aliphatic carbocycles. The minimum atomic E-state index is -0.511. The van der Waals surface area contributed by atoms with E-state index in [1.54, 1.807) is 6.08 Å². The lowest BCUT2D eigenvalue weighted by molar-refractivity contribution is -0.132. The van der Waals surface area contributed by atoms with E-state index in [0.29, 0.717) is 25.5 Å². The fraction of sp³-hybridized carbons (Fsp3) is 0.667. The maximum absolute atomic E-state index is 12.1. The molecule has 1 aliphatic heterocycles. The summed E-state index contributed by atoms with van der Waals surface area (Å²) in [7, 11) is 0. The zero-order chi connectivity index (χ0) is 12.1. The van der Waals surface area contributed by atoms with Crippen LogP contribution in [0.5, 0.6) is 0 Å². The lowest BCUT2D eigenvalue weighted by Gasteiger charge is -2.20. The third-order valence-corrected chi connectivity index (χ3v) is 2.58. The van der Waals surface area contributed by atoms with Gasteiger partial charge in [0.1, 0.15) is 6.61 Å². The second-order valence-corrected chi connectivity index (χ2v) is 4.46. The second kappa shape index (κ2) is 5.68. The van der Waals surface area contributed by atoms with Gasteiger partial charge >= 0.3 is 6.09 Å². The Kier molecular flexibility index (Phi) is 4.52. The first-order valence-corrected chi connectivity index (χ1v) is 5.65. The van der Waals surface area contributed by atoms with E-state index in [9.17, 15) is 9.59 Å². The van der Waals surface area contributed by atoms with Crippen molar-refractivity contribution in [2.75, 3.05) is 13.2 Å². The van der Waals surface area contributed by atoms with Gasteiger partial charge in [0.15, 0.2) is 0 Å². The Morgan fingerprint density at radius 2 is 2.31 bits per heavy atom. The number of ether oxygens (including phenoxy) is 1. The summed E-state index contributed by atoms with van der Waals surface area (Å²) in [5, 5.41) is 0. The van der Waals surface area contributed by atoms with Crippen LogP contribution in [0, 0.1) is 11.8 Å². The number of imide groups is 1. The van der Waals surface area contributed by atoms with Crippen LogP contribution in [-0.2, 0) is 9.53 Å². The molecule has 0 unspecified atom stereocenters. The number of carbonyl (C=O) groups is 2. The molecule has 2 amide bonds. The Labute approximate surface area is 96.3 Å². The molecule has 0 aromatic rings. The highest BCUT2D eigenvalue weighted by Crippen LogP contribution is 2.20. The summed E-state index contributed by atoms with van der Waals surface area (Å²) >= 11 is 0. The molecule has 1 aliphatic rings. The Bertz CT molecular complexity index is 286. The predicted octanol–water partition coefficient (Wildman–Crippen LogP) is 2.20. The lowest BCUT2D eigenvalue weighted by atomic mass is 9.93. The van der Waals surface area contributed by atoms with E-state index >= 15 is 0 Å². The van der Waals surface area contributed by atoms with Gasteiger partial charge in [-0.15, -0.1) is 6.58 Å². The number of hydrogen-bond donors (Lipinski definition) is 0. The highest BCUT2D eigenvalue weighted by Gasteiger charge is 2.32. The molecule has 0 aromatic carbocycles. The quantitative estimate of drug-likeness (QED) is 0.674. The number of amides is 2. The van der Waals surface area contributed by atoms with Gasteiger partial charge in [-0.2, -0.15) is 0 Å². The van der Waals surface area contributed by atoms with E-state index in [2.05, 4.69) is 20.4 Å². The van der Waals surface area contributed by atoms with Crippen molar-refractivity contribution in [1.82, 2.24) is 4.90 Å². The first-order valence-electron chi connectivity index (χ1n) is 5.65. The summed E-state index contributed by atoms with van der Waals surface area (Å²) in [6, 6.07) is 0. The van der Waals surface area contributed by atoms with Crippen LogP contribution in [0.15, 0.2) is 12.7 Å². The molecule has 1 heterocycles. The normalized spacial score (nSPS) is 17.4. The van der Waals surface area contributed by atoms with E-state index in [-0.39, 0.29) is 11.8 Å². The zero-order valence-electron chi connectivity index (χ0n) is 9.94. The average Bonchev–Trinajstić information content (AvgIpc) is 2.62. The number of allylic oxidation sites excluding steroid dienone is 1. The molecular weight excluding hydrogens is 206 g/mol. The summed E-state index contributed by atoms with van der Waals surface area (Å²) < 4.78 is 4.76. The molecule has 1 rings (SSSR count). The van der Waals surface area contributed by atoms with Crippen molar-refractivity contribution < 1.29 is 14.3 Å². The summed E-state index contributed by atoms with van der Waals surface area (Å²) in [6.07, 6.45) is 2.60. The standard InChI is InChI=1S/C12H19NO3/c1-4-5-10(8-9(2)3)11(14)13-6-7-16-12(13)15/h4,9-10H,1,5-8H2,2-3H3/t10-/m1/s1. The first kappa shape index (κ1) is 12.7. The summed E-state index contributed by atoms with van der Waals surface area (Å²) in [5.74, 6) is 0.145. The second-order valence-electron chi connectivity index (χ2n) is 4.46. The van der Waals surface area contributed by atoms with Gasteiger partial charge in [0.05, 0.1) is 6.54 Å². The van der Waals surface area contributed by atoms with Crippen LogP contribution in [0.4, 0.5) is 4.79 Å². The van der Waals surface area contributed by atoms with Gasteiger partial charge in [0.2, 0.25) is 5.91 Å². The fourth-order valence-corrected chi connectivity index (χ4v) is 1.88. The van der Waals surface area contributed by atoms with E-state index < -0.39 is 6.09 Å². The minimum absolute atomic E-state index is 0.129. The third kappa shape index (κ3) is 3.08. The van der Waals surface area contributed by atoms with Crippen LogP contribution in [-0.4, -0.2) is 30.1 Å². The van der Waals surface area contributed by atoms with Crippen LogP contribution in [0.1, 0.15) is 26.7 Å². The van der Waals surface area contributed by atoms with E-state index in [4.69, 9.17) is 4.74 Å². The number of cyclic esters (lactones) is 1.